The minimum atomic E-state index is -1.17. The van der Waals surface area contributed by atoms with Gasteiger partial charge in [0.25, 0.3) is 0 Å². The van der Waals surface area contributed by atoms with Crippen molar-refractivity contribution in [2.24, 2.45) is 5.73 Å². The van der Waals surface area contributed by atoms with Crippen LogP contribution < -0.4 is 21.1 Å². The number of likely N-dealkylation sites (tertiary alicyclic amines) is 1. The zero-order valence-corrected chi connectivity index (χ0v) is 24.1. The zero-order valence-electron chi connectivity index (χ0n) is 24.1. The lowest BCUT2D eigenvalue weighted by atomic mass is 9.99. The molecule has 4 rings (SSSR count). The SMILES string of the molecule is CC(C)N(C(=O)[C@@H]1CCCN1C[C@@H](O)[C@@H]1Cc2ccc(cc2)OCCCC(=O)N[C@@H](CC(N)=O)C(=O)N1)C(C)C. The molecule has 0 aliphatic carbocycles. The van der Waals surface area contributed by atoms with Crippen LogP contribution in [0, 0.1) is 0 Å². The Labute approximate surface area is 236 Å². The van der Waals surface area contributed by atoms with E-state index in [0.29, 0.717) is 38.2 Å². The summed E-state index contributed by atoms with van der Waals surface area (Å²) in [6, 6.07) is 5.21. The molecule has 0 spiro atoms. The number of hydrogen-bond acceptors (Lipinski definition) is 7. The van der Waals surface area contributed by atoms with Gasteiger partial charge in [-0.25, -0.2) is 0 Å². The first kappa shape index (κ1) is 31.3. The summed E-state index contributed by atoms with van der Waals surface area (Å²) in [7, 11) is 0. The summed E-state index contributed by atoms with van der Waals surface area (Å²) in [6.45, 7) is 9.14. The number of nitrogens with two attached hydrogens (primary N) is 1. The van der Waals surface area contributed by atoms with Gasteiger partial charge >= 0.3 is 0 Å². The van der Waals surface area contributed by atoms with Gasteiger partial charge in [-0.2, -0.15) is 0 Å². The molecule has 0 saturated carbocycles. The second-order valence-electron chi connectivity index (χ2n) is 11.4. The van der Waals surface area contributed by atoms with Crippen LogP contribution in [0.3, 0.4) is 0 Å². The van der Waals surface area contributed by atoms with E-state index in [4.69, 9.17) is 10.5 Å². The normalized spacial score (nSPS) is 23.6. The lowest BCUT2D eigenvalue weighted by Gasteiger charge is -2.37. The van der Waals surface area contributed by atoms with Crippen LogP contribution >= 0.6 is 0 Å². The van der Waals surface area contributed by atoms with E-state index < -0.39 is 35.9 Å². The molecule has 1 saturated heterocycles. The highest BCUT2D eigenvalue weighted by molar-refractivity contribution is 5.91. The van der Waals surface area contributed by atoms with Gasteiger partial charge in [0.05, 0.1) is 31.2 Å². The fourth-order valence-corrected chi connectivity index (χ4v) is 5.61. The molecule has 2 bridgehead atoms. The first-order valence-corrected chi connectivity index (χ1v) is 14.3. The Morgan fingerprint density at radius 1 is 1.10 bits per heavy atom. The highest BCUT2D eigenvalue weighted by Crippen LogP contribution is 2.23. The topological polar surface area (TPSA) is 154 Å². The van der Waals surface area contributed by atoms with Crippen molar-refractivity contribution < 1.29 is 29.0 Å². The van der Waals surface area contributed by atoms with Crippen LogP contribution in [0.5, 0.6) is 5.75 Å². The zero-order chi connectivity index (χ0) is 29.4. The molecule has 0 radical (unpaired) electrons. The third-order valence-electron chi connectivity index (χ3n) is 7.48. The number of nitrogens with one attached hydrogen (secondary N) is 2. The summed E-state index contributed by atoms with van der Waals surface area (Å²) < 4.78 is 5.72. The average molecular weight is 560 g/mol. The summed E-state index contributed by atoms with van der Waals surface area (Å²) >= 11 is 0. The Balaban J connectivity index is 1.83. The van der Waals surface area contributed by atoms with E-state index >= 15 is 0 Å². The molecule has 5 N–H and O–H groups in total. The van der Waals surface area contributed by atoms with Crippen LogP contribution in [0.15, 0.2) is 24.3 Å². The van der Waals surface area contributed by atoms with Crippen LogP contribution in [0.2, 0.25) is 0 Å². The fraction of sp³-hybridized carbons (Fsp3) is 0.655. The number of benzene rings is 1. The highest BCUT2D eigenvalue weighted by Gasteiger charge is 2.38. The molecule has 11 nitrogen and oxygen atoms in total. The predicted octanol–water partition coefficient (Wildman–Crippen LogP) is 0.717. The number of carbonyl (C=O) groups is 4. The second-order valence-corrected chi connectivity index (χ2v) is 11.4. The third kappa shape index (κ3) is 8.66. The number of fused-ring (bicyclic) bond motifs is 12. The van der Waals surface area contributed by atoms with Gasteiger partial charge < -0.3 is 31.1 Å². The van der Waals surface area contributed by atoms with Crippen LogP contribution in [-0.2, 0) is 25.6 Å². The maximum absolute atomic E-state index is 13.5. The van der Waals surface area contributed by atoms with Crippen molar-refractivity contribution in [3.05, 3.63) is 29.8 Å². The van der Waals surface area contributed by atoms with E-state index in [0.717, 1.165) is 12.0 Å². The summed E-state index contributed by atoms with van der Waals surface area (Å²) in [5.74, 6) is -1.03. The van der Waals surface area contributed by atoms with Crippen LogP contribution in [-0.4, -0.2) is 94.5 Å². The highest BCUT2D eigenvalue weighted by atomic mass is 16.5. The van der Waals surface area contributed by atoms with Crippen molar-refractivity contribution in [1.82, 2.24) is 20.4 Å². The molecule has 3 aliphatic heterocycles. The fourth-order valence-electron chi connectivity index (χ4n) is 5.61. The maximum atomic E-state index is 13.5. The number of aliphatic hydroxyl groups excluding tert-OH is 1. The lowest BCUT2D eigenvalue weighted by molar-refractivity contribution is -0.140. The molecule has 4 atom stereocenters. The first-order chi connectivity index (χ1) is 19.0. The van der Waals surface area contributed by atoms with Gasteiger partial charge in [0.15, 0.2) is 0 Å². The summed E-state index contributed by atoms with van der Waals surface area (Å²) in [6.07, 6.45) is 0.974. The Morgan fingerprint density at radius 2 is 1.77 bits per heavy atom. The van der Waals surface area contributed by atoms with Crippen LogP contribution in [0.1, 0.15) is 65.4 Å². The molecule has 1 aromatic rings. The summed E-state index contributed by atoms with van der Waals surface area (Å²) in [5.41, 5.74) is 6.23. The molecule has 0 aromatic heterocycles. The minimum absolute atomic E-state index is 0.0423. The van der Waals surface area contributed by atoms with Gasteiger partial charge in [-0.3, -0.25) is 24.1 Å². The first-order valence-electron chi connectivity index (χ1n) is 14.3. The molecular formula is C29H45N5O6. The molecular weight excluding hydrogens is 514 g/mol. The van der Waals surface area contributed by atoms with E-state index in [1.54, 1.807) is 0 Å². The van der Waals surface area contributed by atoms with Crippen molar-refractivity contribution in [3.8, 4) is 5.75 Å². The van der Waals surface area contributed by atoms with Crippen LogP contribution in [0.25, 0.3) is 0 Å². The molecule has 3 aliphatic rings. The second kappa shape index (κ2) is 14.5. The molecule has 222 valence electrons. The van der Waals surface area contributed by atoms with Crippen molar-refractivity contribution >= 4 is 23.6 Å². The Hall–Kier alpha value is -3.18. The van der Waals surface area contributed by atoms with Gasteiger partial charge in [-0.05, 0) is 77.6 Å². The molecule has 0 unspecified atom stereocenters. The number of rotatable bonds is 8. The number of carbonyl (C=O) groups excluding carboxylic acids is 4. The predicted molar refractivity (Wildman–Crippen MR) is 150 cm³/mol. The summed E-state index contributed by atoms with van der Waals surface area (Å²) in [5, 5.41) is 16.9. The average Bonchev–Trinajstić information content (AvgIpc) is 3.33. The van der Waals surface area contributed by atoms with Crippen molar-refractivity contribution in [1.29, 1.82) is 0 Å². The number of nitrogens with zero attached hydrogens (tertiary/aromatic N) is 2. The third-order valence-corrected chi connectivity index (χ3v) is 7.48. The Morgan fingerprint density at radius 3 is 2.40 bits per heavy atom. The van der Waals surface area contributed by atoms with E-state index in [1.807, 2.05) is 61.8 Å². The molecule has 3 heterocycles. The van der Waals surface area contributed by atoms with E-state index in [9.17, 15) is 24.3 Å². The van der Waals surface area contributed by atoms with E-state index in [2.05, 4.69) is 10.6 Å². The molecule has 4 amide bonds. The van der Waals surface area contributed by atoms with Gasteiger partial charge in [0.1, 0.15) is 11.8 Å². The van der Waals surface area contributed by atoms with Crippen molar-refractivity contribution in [3.63, 3.8) is 0 Å². The smallest absolute Gasteiger partial charge is 0.243 e. The Bertz CT molecular complexity index is 1020. The molecule has 1 aromatic carbocycles. The number of aliphatic hydroxyl groups is 1. The van der Waals surface area contributed by atoms with Crippen molar-refractivity contribution in [2.75, 3.05) is 19.7 Å². The lowest BCUT2D eigenvalue weighted by Crippen LogP contribution is -2.57. The Kier molecular flexibility index (Phi) is 11.3. The maximum Gasteiger partial charge on any atom is 0.243 e. The van der Waals surface area contributed by atoms with Crippen LogP contribution in [0.4, 0.5) is 0 Å². The van der Waals surface area contributed by atoms with E-state index in [1.165, 1.54) is 0 Å². The number of hydrogen-bond donors (Lipinski definition) is 4. The summed E-state index contributed by atoms with van der Waals surface area (Å²) in [4.78, 5) is 54.8. The number of primary amides is 1. The minimum Gasteiger partial charge on any atom is -0.494 e. The quantitative estimate of drug-likeness (QED) is 0.366. The van der Waals surface area contributed by atoms with Crippen molar-refractivity contribution in [2.45, 2.75) is 103 Å². The molecule has 1 fully saturated rings. The van der Waals surface area contributed by atoms with Gasteiger partial charge in [-0.1, -0.05) is 12.1 Å². The number of amides is 4. The largest absolute Gasteiger partial charge is 0.494 e. The van der Waals surface area contributed by atoms with Gasteiger partial charge in [0, 0.05) is 25.0 Å². The van der Waals surface area contributed by atoms with E-state index in [-0.39, 0.29) is 43.4 Å². The molecule has 40 heavy (non-hydrogen) atoms. The standard InChI is InChI=1S/C29H45N5O6/c1-18(2)34(19(3)4)29(39)24-7-5-13-33(24)17-25(35)22-15-20-9-11-21(12-10-20)40-14-6-8-27(37)31-23(16-26(30)36)28(38)32-22/h9-12,18-19,22-25,35H,5-8,13-17H2,1-4H3,(H2,30,36)(H,31,37)(H,32,38)/t22-,23-,24-,25+/m0/s1. The molecule has 11 heteroatoms. The monoisotopic (exact) mass is 559 g/mol. The van der Waals surface area contributed by atoms with Gasteiger partial charge in [0.2, 0.25) is 23.6 Å². The number of β-amino-alcohol motifs (C(OH)–C–C–N with tert-alkyl or cyclic N) is 1. The number of ether oxygens (including phenoxy) is 1. The van der Waals surface area contributed by atoms with Gasteiger partial charge in [-0.15, -0.1) is 0 Å².